The Labute approximate surface area is 111 Å². The van der Waals surface area contributed by atoms with Crippen molar-refractivity contribution in [3.63, 3.8) is 0 Å². The van der Waals surface area contributed by atoms with E-state index in [9.17, 15) is 5.21 Å². The number of hydrogen-bond donors (Lipinski definition) is 1. The van der Waals surface area contributed by atoms with Gasteiger partial charge in [0, 0.05) is 11.8 Å². The monoisotopic (exact) mass is 263 g/mol. The van der Waals surface area contributed by atoms with Crippen LogP contribution in [0.25, 0.3) is 0 Å². The fraction of sp³-hybridized carbons (Fsp3) is 0.500. The topological polar surface area (TPSA) is 60.3 Å². The van der Waals surface area contributed by atoms with Crippen LogP contribution >= 0.6 is 0 Å². The van der Waals surface area contributed by atoms with Crippen molar-refractivity contribution in [2.75, 3.05) is 26.9 Å². The molecule has 3 rings (SSSR count). The first-order valence-electron chi connectivity index (χ1n) is 6.37. The van der Waals surface area contributed by atoms with Crippen molar-refractivity contribution in [2.45, 2.75) is 12.0 Å². The second kappa shape index (κ2) is 5.19. The van der Waals surface area contributed by atoms with Crippen molar-refractivity contribution in [1.29, 1.82) is 0 Å². The fourth-order valence-corrected chi connectivity index (χ4v) is 2.90. The summed E-state index contributed by atoms with van der Waals surface area (Å²) in [5.74, 6) is 1.09. The number of ether oxygens (including phenoxy) is 3. The van der Waals surface area contributed by atoms with Crippen LogP contribution in [0.15, 0.2) is 29.4 Å². The summed E-state index contributed by atoms with van der Waals surface area (Å²) in [6, 6.07) is 7.86. The Morgan fingerprint density at radius 2 is 2.05 bits per heavy atom. The Morgan fingerprint density at radius 3 is 2.74 bits per heavy atom. The summed E-state index contributed by atoms with van der Waals surface area (Å²) in [5.41, 5.74) is 1.77. The van der Waals surface area contributed by atoms with Crippen LogP contribution in [-0.2, 0) is 9.47 Å². The maximum absolute atomic E-state index is 9.19. The number of benzene rings is 1. The van der Waals surface area contributed by atoms with E-state index in [0.717, 1.165) is 11.3 Å². The van der Waals surface area contributed by atoms with Crippen molar-refractivity contribution >= 4 is 5.71 Å². The average molecular weight is 263 g/mol. The Bertz CT molecular complexity index is 471. The Hall–Kier alpha value is -1.59. The summed E-state index contributed by atoms with van der Waals surface area (Å²) in [4.78, 5) is 0. The number of fused-ring (bicyclic) bond motifs is 1. The van der Waals surface area contributed by atoms with E-state index in [1.54, 1.807) is 7.11 Å². The lowest BCUT2D eigenvalue weighted by atomic mass is 9.79. The van der Waals surface area contributed by atoms with Gasteiger partial charge in [0.15, 0.2) is 0 Å². The summed E-state index contributed by atoms with van der Waals surface area (Å²) in [6.45, 7) is 1.62. The van der Waals surface area contributed by atoms with E-state index in [1.165, 1.54) is 0 Å². The number of nitrogens with zero attached hydrogens (tertiary/aromatic N) is 1. The molecule has 0 unspecified atom stereocenters. The molecule has 0 amide bonds. The second-order valence-corrected chi connectivity index (χ2v) is 4.89. The zero-order chi connectivity index (χ0) is 13.2. The molecule has 0 aliphatic carbocycles. The molecule has 5 heteroatoms. The van der Waals surface area contributed by atoms with Crippen LogP contribution in [0.5, 0.6) is 5.75 Å². The van der Waals surface area contributed by atoms with E-state index < -0.39 is 0 Å². The highest BCUT2D eigenvalue weighted by molar-refractivity contribution is 5.92. The molecule has 1 aromatic rings. The van der Waals surface area contributed by atoms with Crippen LogP contribution in [0.4, 0.5) is 0 Å². The first-order chi connectivity index (χ1) is 9.33. The smallest absolute Gasteiger partial charge is 0.118 e. The number of oxime groups is 1. The molecule has 2 heterocycles. The van der Waals surface area contributed by atoms with E-state index in [1.807, 2.05) is 24.3 Å². The number of rotatable bonds is 2. The van der Waals surface area contributed by atoms with Crippen LogP contribution in [0, 0.1) is 5.92 Å². The van der Waals surface area contributed by atoms with Gasteiger partial charge in [-0.3, -0.25) is 0 Å². The lowest BCUT2D eigenvalue weighted by Crippen LogP contribution is -2.40. The standard InChI is InChI=1S/C14H17NO4/c1-17-10-4-2-9(3-5-10)14-11-6-18-8-13(11)19-7-12(14)15-16/h2-5,11,13-14,16H,6-8H2,1H3/b15-12-/t11-,13+,14+/m0/s1. The van der Waals surface area contributed by atoms with Gasteiger partial charge >= 0.3 is 0 Å². The third kappa shape index (κ3) is 2.19. The summed E-state index contributed by atoms with van der Waals surface area (Å²) in [5, 5.41) is 12.6. The van der Waals surface area contributed by atoms with E-state index in [2.05, 4.69) is 5.16 Å². The zero-order valence-electron chi connectivity index (χ0n) is 10.8. The van der Waals surface area contributed by atoms with Gasteiger partial charge in [-0.1, -0.05) is 17.3 Å². The van der Waals surface area contributed by atoms with Gasteiger partial charge in [0.25, 0.3) is 0 Å². The van der Waals surface area contributed by atoms with Gasteiger partial charge in [0.05, 0.1) is 38.7 Å². The molecule has 102 valence electrons. The third-order valence-corrected chi connectivity index (χ3v) is 3.91. The minimum Gasteiger partial charge on any atom is -0.497 e. The number of hydrogen-bond acceptors (Lipinski definition) is 5. The second-order valence-electron chi connectivity index (χ2n) is 4.89. The molecular formula is C14H17NO4. The lowest BCUT2D eigenvalue weighted by molar-refractivity contribution is 0.0308. The van der Waals surface area contributed by atoms with Gasteiger partial charge in [0.2, 0.25) is 0 Å². The quantitative estimate of drug-likeness (QED) is 0.651. The fourth-order valence-electron chi connectivity index (χ4n) is 2.90. The van der Waals surface area contributed by atoms with Crippen LogP contribution in [-0.4, -0.2) is 44.0 Å². The molecule has 2 saturated heterocycles. The number of methoxy groups -OCH3 is 1. The molecule has 0 aromatic heterocycles. The van der Waals surface area contributed by atoms with Crippen molar-refractivity contribution in [2.24, 2.45) is 11.1 Å². The predicted molar refractivity (Wildman–Crippen MR) is 69.0 cm³/mol. The van der Waals surface area contributed by atoms with E-state index in [0.29, 0.717) is 25.5 Å². The van der Waals surface area contributed by atoms with Gasteiger partial charge in [-0.2, -0.15) is 0 Å². The molecule has 19 heavy (non-hydrogen) atoms. The van der Waals surface area contributed by atoms with Gasteiger partial charge in [-0.25, -0.2) is 0 Å². The molecule has 5 nitrogen and oxygen atoms in total. The molecule has 2 aliphatic rings. The van der Waals surface area contributed by atoms with Crippen LogP contribution < -0.4 is 4.74 Å². The SMILES string of the molecule is COc1ccc([C@H]2/C(=N\O)CO[C@@H]3COC[C@H]23)cc1. The van der Waals surface area contributed by atoms with Crippen molar-refractivity contribution in [1.82, 2.24) is 0 Å². The van der Waals surface area contributed by atoms with E-state index in [4.69, 9.17) is 14.2 Å². The summed E-state index contributed by atoms with van der Waals surface area (Å²) in [6.07, 6.45) is 0.0950. The predicted octanol–water partition coefficient (Wildman–Crippen LogP) is 1.65. The van der Waals surface area contributed by atoms with Crippen LogP contribution in [0.1, 0.15) is 11.5 Å². The molecule has 0 saturated carbocycles. The largest absolute Gasteiger partial charge is 0.497 e. The van der Waals surface area contributed by atoms with Crippen LogP contribution in [0.2, 0.25) is 0 Å². The Morgan fingerprint density at radius 1 is 1.26 bits per heavy atom. The lowest BCUT2D eigenvalue weighted by Gasteiger charge is -2.33. The highest BCUT2D eigenvalue weighted by atomic mass is 16.5. The Balaban J connectivity index is 1.93. The molecule has 3 atom stereocenters. The minimum atomic E-state index is 0.0529. The molecular weight excluding hydrogens is 246 g/mol. The molecule has 0 bridgehead atoms. The first kappa shape index (κ1) is 12.4. The third-order valence-electron chi connectivity index (χ3n) is 3.91. The maximum atomic E-state index is 9.19. The molecule has 2 fully saturated rings. The molecule has 0 radical (unpaired) electrons. The summed E-state index contributed by atoms with van der Waals surface area (Å²) < 4.78 is 16.3. The highest BCUT2D eigenvalue weighted by Gasteiger charge is 2.43. The summed E-state index contributed by atoms with van der Waals surface area (Å²) >= 11 is 0. The maximum Gasteiger partial charge on any atom is 0.118 e. The van der Waals surface area contributed by atoms with Gasteiger partial charge in [-0.05, 0) is 17.7 Å². The first-order valence-corrected chi connectivity index (χ1v) is 6.37. The average Bonchev–Trinajstić information content (AvgIpc) is 2.94. The minimum absolute atomic E-state index is 0.0529. The molecule has 1 N–H and O–H groups in total. The van der Waals surface area contributed by atoms with Gasteiger partial charge in [0.1, 0.15) is 5.75 Å². The highest BCUT2D eigenvalue weighted by Crippen LogP contribution is 2.37. The molecule has 1 aromatic carbocycles. The Kier molecular flexibility index (Phi) is 3.40. The molecule has 0 spiro atoms. The van der Waals surface area contributed by atoms with Gasteiger partial charge < -0.3 is 19.4 Å². The van der Waals surface area contributed by atoms with Crippen molar-refractivity contribution in [3.8, 4) is 5.75 Å². The van der Waals surface area contributed by atoms with Crippen molar-refractivity contribution in [3.05, 3.63) is 29.8 Å². The normalized spacial score (nSPS) is 32.3. The zero-order valence-corrected chi connectivity index (χ0v) is 10.8. The van der Waals surface area contributed by atoms with Crippen molar-refractivity contribution < 1.29 is 19.4 Å². The molecule has 2 aliphatic heterocycles. The van der Waals surface area contributed by atoms with E-state index in [-0.39, 0.29) is 17.9 Å². The van der Waals surface area contributed by atoms with E-state index >= 15 is 0 Å². The van der Waals surface area contributed by atoms with Gasteiger partial charge in [-0.15, -0.1) is 0 Å². The summed E-state index contributed by atoms with van der Waals surface area (Å²) in [7, 11) is 1.64. The van der Waals surface area contributed by atoms with Crippen LogP contribution in [0.3, 0.4) is 0 Å².